The minimum Gasteiger partial charge on any atom is -0.454 e. The number of rotatable bonds is 9. The van der Waals surface area contributed by atoms with Gasteiger partial charge in [-0.1, -0.05) is 0 Å². The molecule has 0 heterocycles. The van der Waals surface area contributed by atoms with Crippen molar-refractivity contribution in [2.75, 3.05) is 20.2 Å². The van der Waals surface area contributed by atoms with Crippen LogP contribution >= 0.6 is 0 Å². The highest BCUT2D eigenvalue weighted by Crippen LogP contribution is 2.18. The molecule has 0 aliphatic heterocycles. The predicted molar refractivity (Wildman–Crippen MR) is 95.9 cm³/mol. The van der Waals surface area contributed by atoms with Crippen molar-refractivity contribution in [1.82, 2.24) is 14.9 Å². The highest BCUT2D eigenvalue weighted by atomic mass is 32.2. The Balaban J connectivity index is 1.80. The van der Waals surface area contributed by atoms with Crippen LogP contribution in [0.3, 0.4) is 0 Å². The maximum absolute atomic E-state index is 12.9. The first-order valence-corrected chi connectivity index (χ1v) is 10.0. The number of likely N-dealkylation sites (N-methyl/N-ethyl adjacent to an activating group) is 1. The summed E-state index contributed by atoms with van der Waals surface area (Å²) in [7, 11) is -2.67. The van der Waals surface area contributed by atoms with Gasteiger partial charge < -0.3 is 15.0 Å². The van der Waals surface area contributed by atoms with E-state index in [2.05, 4.69) is 10.0 Å². The smallest absolute Gasteiger partial charge is 0.324 e. The fourth-order valence-electron chi connectivity index (χ4n) is 2.14. The van der Waals surface area contributed by atoms with E-state index >= 15 is 0 Å². The molecule has 11 heteroatoms. The van der Waals surface area contributed by atoms with Crippen molar-refractivity contribution in [3.8, 4) is 0 Å². The first-order chi connectivity index (χ1) is 13.1. The Morgan fingerprint density at radius 1 is 1.25 bits per heavy atom. The van der Waals surface area contributed by atoms with Crippen LogP contribution in [0, 0.1) is 5.82 Å². The second-order valence-corrected chi connectivity index (χ2v) is 8.21. The van der Waals surface area contributed by atoms with Crippen LogP contribution in [-0.4, -0.2) is 63.4 Å². The largest absolute Gasteiger partial charge is 0.454 e. The van der Waals surface area contributed by atoms with Gasteiger partial charge in [-0.2, -0.15) is 4.72 Å². The number of carbonyl (C=O) groups is 3. The molecule has 0 spiro atoms. The van der Waals surface area contributed by atoms with Gasteiger partial charge in [0, 0.05) is 13.1 Å². The zero-order chi connectivity index (χ0) is 20.9. The standard InChI is InChI=1S/C17H22FN3O6S/c1-11(20-28(25,26)14-7-3-12(18)4-8-14)17(24)27-10-16(23)21(2)9-15(22)19-13-5-6-13/h3-4,7-8,11,13,20H,5-6,9-10H2,1-2H3,(H,19,22)/t11-/m0/s1. The van der Waals surface area contributed by atoms with Crippen molar-refractivity contribution >= 4 is 27.8 Å². The molecule has 0 unspecified atom stereocenters. The molecule has 0 saturated heterocycles. The second kappa shape index (κ2) is 9.11. The monoisotopic (exact) mass is 415 g/mol. The Labute approximate surface area is 162 Å². The number of sulfonamides is 1. The maximum atomic E-state index is 12.9. The highest BCUT2D eigenvalue weighted by molar-refractivity contribution is 7.89. The lowest BCUT2D eigenvalue weighted by Gasteiger charge is -2.18. The summed E-state index contributed by atoms with van der Waals surface area (Å²) in [5.41, 5.74) is 0. The van der Waals surface area contributed by atoms with Crippen LogP contribution in [0.2, 0.25) is 0 Å². The Morgan fingerprint density at radius 3 is 2.43 bits per heavy atom. The summed E-state index contributed by atoms with van der Waals surface area (Å²) in [6.45, 7) is 0.453. The van der Waals surface area contributed by atoms with Crippen LogP contribution in [0.25, 0.3) is 0 Å². The van der Waals surface area contributed by atoms with Gasteiger partial charge in [0.05, 0.1) is 11.4 Å². The molecule has 1 atom stereocenters. The molecule has 9 nitrogen and oxygen atoms in total. The number of carbonyl (C=O) groups excluding carboxylic acids is 3. The van der Waals surface area contributed by atoms with Gasteiger partial charge in [0.2, 0.25) is 15.9 Å². The number of halogens is 1. The van der Waals surface area contributed by atoms with E-state index in [9.17, 15) is 27.2 Å². The van der Waals surface area contributed by atoms with Gasteiger partial charge in [-0.15, -0.1) is 0 Å². The fourth-order valence-corrected chi connectivity index (χ4v) is 3.33. The third-order valence-electron chi connectivity index (χ3n) is 3.90. The van der Waals surface area contributed by atoms with Gasteiger partial charge in [0.25, 0.3) is 5.91 Å². The summed E-state index contributed by atoms with van der Waals surface area (Å²) in [6, 6.07) is 2.97. The predicted octanol–water partition coefficient (Wildman–Crippen LogP) is -0.227. The van der Waals surface area contributed by atoms with Crippen LogP contribution in [0.5, 0.6) is 0 Å². The average molecular weight is 415 g/mol. The van der Waals surface area contributed by atoms with Crippen LogP contribution in [0.1, 0.15) is 19.8 Å². The molecule has 1 aromatic rings. The van der Waals surface area contributed by atoms with E-state index in [1.165, 1.54) is 14.0 Å². The zero-order valence-corrected chi connectivity index (χ0v) is 16.3. The summed E-state index contributed by atoms with van der Waals surface area (Å²) in [6.07, 6.45) is 1.85. The third kappa shape index (κ3) is 6.57. The van der Waals surface area contributed by atoms with Crippen LogP contribution in [0.15, 0.2) is 29.2 Å². The summed E-state index contributed by atoms with van der Waals surface area (Å²) < 4.78 is 44.1. The number of hydrogen-bond acceptors (Lipinski definition) is 6. The lowest BCUT2D eigenvalue weighted by molar-refractivity contribution is -0.153. The first kappa shape index (κ1) is 21.8. The van der Waals surface area contributed by atoms with Gasteiger partial charge in [-0.05, 0) is 44.0 Å². The van der Waals surface area contributed by atoms with Gasteiger partial charge in [-0.3, -0.25) is 14.4 Å². The van der Waals surface area contributed by atoms with Crippen molar-refractivity contribution in [3.05, 3.63) is 30.1 Å². The summed E-state index contributed by atoms with van der Waals surface area (Å²) in [4.78, 5) is 36.4. The molecular weight excluding hydrogens is 393 g/mol. The molecule has 28 heavy (non-hydrogen) atoms. The molecule has 1 aliphatic rings. The SMILES string of the molecule is C[C@H](NS(=O)(=O)c1ccc(F)cc1)C(=O)OCC(=O)N(C)CC(=O)NC1CC1. The van der Waals surface area contributed by atoms with Gasteiger partial charge >= 0.3 is 5.97 Å². The number of amides is 2. The molecule has 2 N–H and O–H groups in total. The van der Waals surface area contributed by atoms with Crippen molar-refractivity contribution < 1.29 is 31.9 Å². The maximum Gasteiger partial charge on any atom is 0.324 e. The van der Waals surface area contributed by atoms with E-state index in [4.69, 9.17) is 4.74 Å². The minimum atomic E-state index is -4.06. The molecular formula is C17H22FN3O6S. The second-order valence-electron chi connectivity index (χ2n) is 6.50. The third-order valence-corrected chi connectivity index (χ3v) is 5.45. The van der Waals surface area contributed by atoms with Crippen LogP contribution < -0.4 is 10.0 Å². The van der Waals surface area contributed by atoms with Gasteiger partial charge in [0.1, 0.15) is 11.9 Å². The Morgan fingerprint density at radius 2 is 1.86 bits per heavy atom. The lowest BCUT2D eigenvalue weighted by Crippen LogP contribution is -2.43. The molecule has 2 amide bonds. The number of hydrogen-bond donors (Lipinski definition) is 2. The van der Waals surface area contributed by atoms with Crippen molar-refractivity contribution in [1.29, 1.82) is 0 Å². The molecule has 1 fully saturated rings. The van der Waals surface area contributed by atoms with Crippen LogP contribution in [0.4, 0.5) is 4.39 Å². The quantitative estimate of drug-likeness (QED) is 0.538. The lowest BCUT2D eigenvalue weighted by atomic mass is 10.4. The molecule has 1 saturated carbocycles. The normalized spacial score (nSPS) is 14.8. The number of ether oxygens (including phenoxy) is 1. The zero-order valence-electron chi connectivity index (χ0n) is 15.5. The Hall–Kier alpha value is -2.53. The van der Waals surface area contributed by atoms with Crippen LogP contribution in [-0.2, 0) is 29.1 Å². The van der Waals surface area contributed by atoms with E-state index in [0.29, 0.717) is 0 Å². The number of benzene rings is 1. The van der Waals surface area contributed by atoms with Gasteiger partial charge in [-0.25, -0.2) is 12.8 Å². The molecule has 1 aliphatic carbocycles. The summed E-state index contributed by atoms with van der Waals surface area (Å²) in [5.74, 6) is -2.47. The van der Waals surface area contributed by atoms with Crippen molar-refractivity contribution in [3.63, 3.8) is 0 Å². The Bertz CT molecular complexity index is 839. The minimum absolute atomic E-state index is 0.167. The first-order valence-electron chi connectivity index (χ1n) is 8.56. The average Bonchev–Trinajstić information content (AvgIpc) is 3.42. The Kier molecular flexibility index (Phi) is 7.08. The number of nitrogens with one attached hydrogen (secondary N) is 2. The molecule has 2 rings (SSSR count). The molecule has 154 valence electrons. The van der Waals surface area contributed by atoms with Gasteiger partial charge in [0.15, 0.2) is 6.61 Å². The van der Waals surface area contributed by atoms with E-state index in [0.717, 1.165) is 42.0 Å². The highest BCUT2D eigenvalue weighted by Gasteiger charge is 2.26. The number of esters is 1. The molecule has 0 radical (unpaired) electrons. The molecule has 0 bridgehead atoms. The molecule has 1 aromatic carbocycles. The van der Waals surface area contributed by atoms with Crippen molar-refractivity contribution in [2.24, 2.45) is 0 Å². The summed E-state index contributed by atoms with van der Waals surface area (Å²) >= 11 is 0. The fraction of sp³-hybridized carbons (Fsp3) is 0.471. The number of nitrogens with zero attached hydrogens (tertiary/aromatic N) is 1. The van der Waals surface area contributed by atoms with E-state index in [1.54, 1.807) is 0 Å². The summed E-state index contributed by atoms with van der Waals surface area (Å²) in [5, 5.41) is 2.73. The van der Waals surface area contributed by atoms with E-state index < -0.39 is 40.4 Å². The van der Waals surface area contributed by atoms with Crippen molar-refractivity contribution in [2.45, 2.75) is 36.7 Å². The topological polar surface area (TPSA) is 122 Å². The van der Waals surface area contributed by atoms with E-state index in [1.807, 2.05) is 0 Å². The molecule has 0 aromatic heterocycles. The van der Waals surface area contributed by atoms with E-state index in [-0.39, 0.29) is 23.4 Å².